The van der Waals surface area contributed by atoms with Crippen molar-refractivity contribution in [2.45, 2.75) is 46.5 Å². The first-order valence-corrected chi connectivity index (χ1v) is 7.72. The Bertz CT molecular complexity index is 526. The lowest BCUT2D eigenvalue weighted by Gasteiger charge is -2.16. The number of benzene rings is 1. The van der Waals surface area contributed by atoms with Crippen LogP contribution in [0.15, 0.2) is 18.2 Å². The normalized spacial score (nSPS) is 11.4. The zero-order chi connectivity index (χ0) is 15.7. The standard InChI is InChI=1S/C18H26N2O/c1-4-6-8-15(5-2)18(21)20-17-13-14(3)10-11-16(17)9-7-12-19/h10-11,13,15H,4-6,8,12,19H2,1-3H3,(H,20,21). The highest BCUT2D eigenvalue weighted by Crippen LogP contribution is 2.20. The Morgan fingerprint density at radius 1 is 1.38 bits per heavy atom. The summed E-state index contributed by atoms with van der Waals surface area (Å²) in [5, 5.41) is 3.04. The predicted molar refractivity (Wildman–Crippen MR) is 89.0 cm³/mol. The lowest BCUT2D eigenvalue weighted by Crippen LogP contribution is -2.22. The van der Waals surface area contributed by atoms with Crippen molar-refractivity contribution in [2.75, 3.05) is 11.9 Å². The summed E-state index contributed by atoms with van der Waals surface area (Å²) >= 11 is 0. The van der Waals surface area contributed by atoms with E-state index in [9.17, 15) is 4.79 Å². The number of carbonyl (C=O) groups excluding carboxylic acids is 1. The number of anilines is 1. The second-order valence-corrected chi connectivity index (χ2v) is 5.29. The van der Waals surface area contributed by atoms with Crippen molar-refractivity contribution in [1.82, 2.24) is 0 Å². The fraction of sp³-hybridized carbons (Fsp3) is 0.500. The molecule has 0 aliphatic carbocycles. The SMILES string of the molecule is CCCCC(CC)C(=O)Nc1cc(C)ccc1C#CCN. The molecule has 3 N–H and O–H groups in total. The second-order valence-electron chi connectivity index (χ2n) is 5.29. The summed E-state index contributed by atoms with van der Waals surface area (Å²) in [6.45, 7) is 6.52. The summed E-state index contributed by atoms with van der Waals surface area (Å²) in [6.07, 6.45) is 4.00. The average Bonchev–Trinajstić information content (AvgIpc) is 2.47. The minimum atomic E-state index is 0.0702. The van der Waals surface area contributed by atoms with E-state index in [2.05, 4.69) is 31.0 Å². The molecule has 0 spiro atoms. The monoisotopic (exact) mass is 286 g/mol. The van der Waals surface area contributed by atoms with Crippen molar-refractivity contribution in [3.63, 3.8) is 0 Å². The Morgan fingerprint density at radius 2 is 2.14 bits per heavy atom. The van der Waals surface area contributed by atoms with Gasteiger partial charge in [-0.05, 0) is 37.5 Å². The van der Waals surface area contributed by atoms with E-state index >= 15 is 0 Å². The van der Waals surface area contributed by atoms with Crippen molar-refractivity contribution >= 4 is 11.6 Å². The van der Waals surface area contributed by atoms with Crippen LogP contribution in [0.4, 0.5) is 5.69 Å². The van der Waals surface area contributed by atoms with E-state index < -0.39 is 0 Å². The Morgan fingerprint density at radius 3 is 2.76 bits per heavy atom. The topological polar surface area (TPSA) is 55.1 Å². The van der Waals surface area contributed by atoms with E-state index in [1.807, 2.05) is 25.1 Å². The molecule has 1 rings (SSSR count). The summed E-state index contributed by atoms with van der Waals surface area (Å²) < 4.78 is 0. The molecule has 0 bridgehead atoms. The van der Waals surface area contributed by atoms with Gasteiger partial charge < -0.3 is 11.1 Å². The van der Waals surface area contributed by atoms with E-state index in [0.717, 1.165) is 42.5 Å². The van der Waals surface area contributed by atoms with Crippen molar-refractivity contribution in [3.05, 3.63) is 29.3 Å². The van der Waals surface area contributed by atoms with Gasteiger partial charge in [-0.3, -0.25) is 4.79 Å². The minimum Gasteiger partial charge on any atom is -0.325 e. The number of nitrogens with one attached hydrogen (secondary N) is 1. The van der Waals surface area contributed by atoms with Gasteiger partial charge in [-0.1, -0.05) is 44.6 Å². The molecule has 114 valence electrons. The van der Waals surface area contributed by atoms with E-state index in [1.54, 1.807) is 0 Å². The van der Waals surface area contributed by atoms with Crippen molar-refractivity contribution in [2.24, 2.45) is 11.7 Å². The molecule has 1 atom stereocenters. The van der Waals surface area contributed by atoms with Gasteiger partial charge in [-0.25, -0.2) is 0 Å². The molecule has 0 fully saturated rings. The molecule has 0 radical (unpaired) electrons. The lowest BCUT2D eigenvalue weighted by molar-refractivity contribution is -0.120. The molecule has 0 heterocycles. The Labute approximate surface area is 128 Å². The highest BCUT2D eigenvalue weighted by atomic mass is 16.1. The molecule has 3 heteroatoms. The first-order chi connectivity index (χ1) is 10.1. The number of unbranched alkanes of at least 4 members (excludes halogenated alkanes) is 1. The maximum absolute atomic E-state index is 12.4. The van der Waals surface area contributed by atoms with Crippen LogP contribution in [-0.2, 0) is 4.79 Å². The van der Waals surface area contributed by atoms with Gasteiger partial charge in [0.05, 0.1) is 12.2 Å². The molecule has 1 aromatic rings. The highest BCUT2D eigenvalue weighted by Gasteiger charge is 2.16. The summed E-state index contributed by atoms with van der Waals surface area (Å²) in [4.78, 5) is 12.4. The van der Waals surface area contributed by atoms with Crippen LogP contribution in [0.5, 0.6) is 0 Å². The second kappa shape index (κ2) is 9.20. The molecule has 21 heavy (non-hydrogen) atoms. The molecule has 0 aliphatic heterocycles. The zero-order valence-corrected chi connectivity index (χ0v) is 13.3. The van der Waals surface area contributed by atoms with Crippen LogP contribution in [0, 0.1) is 24.7 Å². The van der Waals surface area contributed by atoms with Crippen molar-refractivity contribution < 1.29 is 4.79 Å². The zero-order valence-electron chi connectivity index (χ0n) is 13.3. The summed E-state index contributed by atoms with van der Waals surface area (Å²) in [6, 6.07) is 5.89. The third kappa shape index (κ3) is 5.61. The maximum atomic E-state index is 12.4. The number of rotatable bonds is 6. The number of nitrogens with two attached hydrogens (primary N) is 1. The number of aryl methyl sites for hydroxylation is 1. The van der Waals surface area contributed by atoms with Crippen molar-refractivity contribution in [3.8, 4) is 11.8 Å². The van der Waals surface area contributed by atoms with Gasteiger partial charge in [0.15, 0.2) is 0 Å². The number of hydrogen-bond donors (Lipinski definition) is 2. The fourth-order valence-corrected chi connectivity index (χ4v) is 2.22. The van der Waals surface area contributed by atoms with Gasteiger partial charge in [0.1, 0.15) is 0 Å². The summed E-state index contributed by atoms with van der Waals surface area (Å²) in [5.41, 5.74) is 8.13. The third-order valence-electron chi connectivity index (χ3n) is 3.53. The van der Waals surface area contributed by atoms with Crippen molar-refractivity contribution in [1.29, 1.82) is 0 Å². The Balaban J connectivity index is 2.89. The molecule has 0 aromatic heterocycles. The summed E-state index contributed by atoms with van der Waals surface area (Å²) in [7, 11) is 0. The summed E-state index contributed by atoms with van der Waals surface area (Å²) in [5.74, 6) is 6.02. The first-order valence-electron chi connectivity index (χ1n) is 7.72. The Hall–Kier alpha value is -1.79. The minimum absolute atomic E-state index is 0.0702. The number of amides is 1. The predicted octanol–water partition coefficient (Wildman–Crippen LogP) is 3.46. The molecule has 3 nitrogen and oxygen atoms in total. The smallest absolute Gasteiger partial charge is 0.227 e. The molecule has 1 aromatic carbocycles. The van der Waals surface area contributed by atoms with Crippen LogP contribution in [0.25, 0.3) is 0 Å². The quantitative estimate of drug-likeness (QED) is 0.787. The molecular weight excluding hydrogens is 260 g/mol. The van der Waals surface area contributed by atoms with Crippen LogP contribution in [0.1, 0.15) is 50.7 Å². The van der Waals surface area contributed by atoms with E-state index in [-0.39, 0.29) is 11.8 Å². The van der Waals surface area contributed by atoms with Gasteiger partial charge in [0, 0.05) is 11.5 Å². The van der Waals surface area contributed by atoms with Gasteiger partial charge in [0.25, 0.3) is 0 Å². The van der Waals surface area contributed by atoms with Gasteiger partial charge in [0.2, 0.25) is 5.91 Å². The van der Waals surface area contributed by atoms with E-state index in [1.165, 1.54) is 0 Å². The van der Waals surface area contributed by atoms with Gasteiger partial charge in [-0.2, -0.15) is 0 Å². The Kier molecular flexibility index (Phi) is 7.56. The highest BCUT2D eigenvalue weighted by molar-refractivity contribution is 5.94. The fourth-order valence-electron chi connectivity index (χ4n) is 2.22. The van der Waals surface area contributed by atoms with Crippen LogP contribution < -0.4 is 11.1 Å². The largest absolute Gasteiger partial charge is 0.325 e. The van der Waals surface area contributed by atoms with Crippen LogP contribution in [0.2, 0.25) is 0 Å². The first kappa shape index (κ1) is 17.3. The maximum Gasteiger partial charge on any atom is 0.227 e. The lowest BCUT2D eigenvalue weighted by atomic mass is 9.98. The molecule has 0 saturated heterocycles. The number of hydrogen-bond acceptors (Lipinski definition) is 2. The molecule has 0 saturated carbocycles. The molecule has 1 amide bonds. The van der Waals surface area contributed by atoms with E-state index in [4.69, 9.17) is 5.73 Å². The van der Waals surface area contributed by atoms with Gasteiger partial charge in [-0.15, -0.1) is 0 Å². The van der Waals surface area contributed by atoms with Crippen LogP contribution >= 0.6 is 0 Å². The van der Waals surface area contributed by atoms with E-state index in [0.29, 0.717) is 6.54 Å². The van der Waals surface area contributed by atoms with Gasteiger partial charge >= 0.3 is 0 Å². The number of carbonyl (C=O) groups is 1. The molecular formula is C18H26N2O. The average molecular weight is 286 g/mol. The molecule has 0 aliphatic rings. The van der Waals surface area contributed by atoms with Crippen LogP contribution in [-0.4, -0.2) is 12.5 Å². The third-order valence-corrected chi connectivity index (χ3v) is 3.53. The van der Waals surface area contributed by atoms with Crippen LogP contribution in [0.3, 0.4) is 0 Å². The molecule has 1 unspecified atom stereocenters.